The molecule has 1 aromatic heterocycles. The summed E-state index contributed by atoms with van der Waals surface area (Å²) in [6.07, 6.45) is 1.49. The quantitative estimate of drug-likeness (QED) is 0.846. The number of benzene rings is 1. The van der Waals surface area contributed by atoms with Crippen LogP contribution >= 0.6 is 0 Å². The highest BCUT2D eigenvalue weighted by Gasteiger charge is 2.27. The van der Waals surface area contributed by atoms with Gasteiger partial charge in [-0.2, -0.15) is 0 Å². The summed E-state index contributed by atoms with van der Waals surface area (Å²) >= 11 is 0. The van der Waals surface area contributed by atoms with Crippen molar-refractivity contribution in [3.63, 3.8) is 0 Å². The lowest BCUT2D eigenvalue weighted by atomic mass is 10.0. The number of aromatic amines is 1. The fraction of sp³-hybridized carbons (Fsp3) is 0.444. The number of amides is 1. The second-order valence-electron chi connectivity index (χ2n) is 6.80. The Labute approximate surface area is 146 Å². The minimum atomic E-state index is -2.91. The second kappa shape index (κ2) is 7.00. The Morgan fingerprint density at radius 1 is 1.32 bits per heavy atom. The molecule has 1 aliphatic rings. The molecule has 0 bridgehead atoms. The normalized spacial score (nSPS) is 19.2. The van der Waals surface area contributed by atoms with E-state index in [-0.39, 0.29) is 41.9 Å². The molecule has 0 radical (unpaired) electrons. The van der Waals surface area contributed by atoms with Crippen molar-refractivity contribution < 1.29 is 13.2 Å². The largest absolute Gasteiger partial charge is 0.352 e. The van der Waals surface area contributed by atoms with Crippen molar-refractivity contribution >= 4 is 26.6 Å². The van der Waals surface area contributed by atoms with E-state index in [4.69, 9.17) is 0 Å². The number of carbonyl (C=O) groups excluding carboxylic acids is 1. The van der Waals surface area contributed by atoms with Crippen LogP contribution in [0.2, 0.25) is 0 Å². The predicted molar refractivity (Wildman–Crippen MR) is 97.1 cm³/mol. The summed E-state index contributed by atoms with van der Waals surface area (Å²) in [5.41, 5.74) is 2.17. The van der Waals surface area contributed by atoms with E-state index in [1.165, 1.54) is 0 Å². The highest BCUT2D eigenvalue weighted by Crippen LogP contribution is 2.22. The number of hydrogen-bond acceptors (Lipinski definition) is 4. The highest BCUT2D eigenvalue weighted by atomic mass is 32.2. The molecule has 1 fully saturated rings. The summed E-state index contributed by atoms with van der Waals surface area (Å²) < 4.78 is 22.9. The van der Waals surface area contributed by atoms with Crippen molar-refractivity contribution in [2.45, 2.75) is 32.7 Å². The van der Waals surface area contributed by atoms with E-state index in [9.17, 15) is 18.0 Å². The van der Waals surface area contributed by atoms with Gasteiger partial charge in [0.15, 0.2) is 9.84 Å². The zero-order valence-electron chi connectivity index (χ0n) is 14.2. The molecule has 0 spiro atoms. The number of sulfone groups is 1. The lowest BCUT2D eigenvalue weighted by molar-refractivity contribution is -0.121. The van der Waals surface area contributed by atoms with E-state index in [2.05, 4.69) is 10.3 Å². The first-order valence-electron chi connectivity index (χ1n) is 8.42. The number of carbonyl (C=O) groups is 1. The Bertz CT molecular complexity index is 963. The first-order chi connectivity index (χ1) is 11.8. The van der Waals surface area contributed by atoms with Crippen molar-refractivity contribution in [2.24, 2.45) is 5.92 Å². The minimum absolute atomic E-state index is 0.0720. The van der Waals surface area contributed by atoms with Crippen LogP contribution in [0.25, 0.3) is 10.9 Å². The Balaban J connectivity index is 1.57. The zero-order valence-corrected chi connectivity index (χ0v) is 15.0. The third-order valence-corrected chi connectivity index (χ3v) is 6.50. The van der Waals surface area contributed by atoms with Crippen molar-refractivity contribution in [1.29, 1.82) is 0 Å². The molecule has 0 saturated carbocycles. The van der Waals surface area contributed by atoms with Gasteiger partial charge in [-0.1, -0.05) is 11.6 Å². The first-order valence-corrected chi connectivity index (χ1v) is 10.2. The van der Waals surface area contributed by atoms with Crippen LogP contribution in [0, 0.1) is 12.8 Å². The SMILES string of the molecule is Cc1ccc2[nH]c(=O)c(CNC(=O)CCC3CCS(=O)(=O)C3)cc2c1. The Hall–Kier alpha value is -2.15. The smallest absolute Gasteiger partial charge is 0.253 e. The molecule has 2 aromatic rings. The summed E-state index contributed by atoms with van der Waals surface area (Å²) in [6, 6.07) is 7.58. The van der Waals surface area contributed by atoms with E-state index in [1.54, 1.807) is 6.07 Å². The molecule has 7 heteroatoms. The maximum atomic E-state index is 12.1. The fourth-order valence-corrected chi connectivity index (χ4v) is 5.13. The number of pyridine rings is 1. The van der Waals surface area contributed by atoms with Gasteiger partial charge >= 0.3 is 0 Å². The van der Waals surface area contributed by atoms with Gasteiger partial charge in [0.2, 0.25) is 5.91 Å². The monoisotopic (exact) mass is 362 g/mol. The molecule has 1 aromatic carbocycles. The van der Waals surface area contributed by atoms with E-state index in [1.807, 2.05) is 25.1 Å². The molecule has 1 amide bonds. The molecular formula is C18H22N2O4S. The molecule has 1 saturated heterocycles. The Morgan fingerprint density at radius 2 is 2.12 bits per heavy atom. The van der Waals surface area contributed by atoms with E-state index >= 15 is 0 Å². The van der Waals surface area contributed by atoms with Crippen LogP contribution in [0.5, 0.6) is 0 Å². The van der Waals surface area contributed by atoms with Gasteiger partial charge in [-0.15, -0.1) is 0 Å². The van der Waals surface area contributed by atoms with Crippen molar-refractivity contribution in [1.82, 2.24) is 10.3 Å². The van der Waals surface area contributed by atoms with Crippen LogP contribution in [0.1, 0.15) is 30.4 Å². The molecule has 1 aliphatic heterocycles. The van der Waals surface area contributed by atoms with Crippen LogP contribution in [-0.4, -0.2) is 30.8 Å². The number of aromatic nitrogens is 1. The number of aryl methyl sites for hydroxylation is 1. The summed E-state index contributed by atoms with van der Waals surface area (Å²) in [5, 5.41) is 3.69. The van der Waals surface area contributed by atoms with Crippen LogP contribution in [0.3, 0.4) is 0 Å². The van der Waals surface area contributed by atoms with Gasteiger partial charge in [0.1, 0.15) is 0 Å². The van der Waals surface area contributed by atoms with Gasteiger partial charge in [0, 0.05) is 24.0 Å². The van der Waals surface area contributed by atoms with E-state index in [0.717, 1.165) is 16.5 Å². The van der Waals surface area contributed by atoms with Crippen LogP contribution in [0.4, 0.5) is 0 Å². The summed E-state index contributed by atoms with van der Waals surface area (Å²) in [6.45, 7) is 2.15. The number of hydrogen-bond donors (Lipinski definition) is 2. The number of nitrogens with one attached hydrogen (secondary N) is 2. The van der Waals surface area contributed by atoms with Gasteiger partial charge in [0.05, 0.1) is 11.5 Å². The fourth-order valence-electron chi connectivity index (χ4n) is 3.22. The highest BCUT2D eigenvalue weighted by molar-refractivity contribution is 7.91. The average molecular weight is 362 g/mol. The Morgan fingerprint density at radius 3 is 2.84 bits per heavy atom. The Kier molecular flexibility index (Phi) is 4.94. The standard InChI is InChI=1S/C18H22N2O4S/c1-12-2-4-16-14(8-12)9-15(18(22)20-16)10-19-17(21)5-3-13-6-7-25(23,24)11-13/h2,4,8-9,13H,3,5-7,10-11H2,1H3,(H,19,21)(H,20,22). The van der Waals surface area contributed by atoms with Gasteiger partial charge in [-0.05, 0) is 49.3 Å². The lowest BCUT2D eigenvalue weighted by Gasteiger charge is -2.09. The average Bonchev–Trinajstić information content (AvgIpc) is 2.90. The molecule has 2 heterocycles. The maximum absolute atomic E-state index is 12.1. The van der Waals surface area contributed by atoms with Crippen molar-refractivity contribution in [3.8, 4) is 0 Å². The zero-order chi connectivity index (χ0) is 18.0. The molecule has 1 atom stereocenters. The molecule has 134 valence electrons. The first kappa shape index (κ1) is 17.7. The van der Waals surface area contributed by atoms with Crippen LogP contribution in [0.15, 0.2) is 29.1 Å². The van der Waals surface area contributed by atoms with Crippen LogP contribution < -0.4 is 10.9 Å². The maximum Gasteiger partial charge on any atom is 0.253 e. The third kappa shape index (κ3) is 4.48. The molecular weight excluding hydrogens is 340 g/mol. The van der Waals surface area contributed by atoms with Gasteiger partial charge in [-0.25, -0.2) is 8.42 Å². The van der Waals surface area contributed by atoms with Crippen molar-refractivity contribution in [2.75, 3.05) is 11.5 Å². The predicted octanol–water partition coefficient (Wildman–Crippen LogP) is 1.67. The van der Waals surface area contributed by atoms with Gasteiger partial charge in [-0.3, -0.25) is 9.59 Å². The second-order valence-corrected chi connectivity index (χ2v) is 9.03. The molecule has 3 rings (SSSR count). The number of H-pyrrole nitrogens is 1. The number of rotatable bonds is 5. The summed E-state index contributed by atoms with van der Waals surface area (Å²) in [5.74, 6) is 0.325. The molecule has 2 N–H and O–H groups in total. The van der Waals surface area contributed by atoms with E-state index in [0.29, 0.717) is 18.4 Å². The summed E-state index contributed by atoms with van der Waals surface area (Å²) in [7, 11) is -2.91. The third-order valence-electron chi connectivity index (χ3n) is 4.66. The minimum Gasteiger partial charge on any atom is -0.352 e. The number of fused-ring (bicyclic) bond motifs is 1. The molecule has 6 nitrogen and oxygen atoms in total. The van der Waals surface area contributed by atoms with Gasteiger partial charge < -0.3 is 10.3 Å². The van der Waals surface area contributed by atoms with Gasteiger partial charge in [0.25, 0.3) is 5.56 Å². The lowest BCUT2D eigenvalue weighted by Crippen LogP contribution is -2.27. The molecule has 1 unspecified atom stereocenters. The summed E-state index contributed by atoms with van der Waals surface area (Å²) in [4.78, 5) is 26.9. The van der Waals surface area contributed by atoms with Crippen LogP contribution in [-0.2, 0) is 21.2 Å². The molecule has 0 aliphatic carbocycles. The molecule has 25 heavy (non-hydrogen) atoms. The van der Waals surface area contributed by atoms with E-state index < -0.39 is 9.84 Å². The van der Waals surface area contributed by atoms with Crippen molar-refractivity contribution in [3.05, 3.63) is 45.7 Å². The topological polar surface area (TPSA) is 96.1 Å².